The topological polar surface area (TPSA) is 161 Å². The zero-order chi connectivity index (χ0) is 28.1. The number of methoxy groups -OCH3 is 1. The number of nitro groups is 1. The monoisotopic (exact) mass is 545 g/mol. The van der Waals surface area contributed by atoms with Crippen LogP contribution in [0.3, 0.4) is 0 Å². The molecule has 0 saturated carbocycles. The molecular formula is C25H28ClN5O7. The van der Waals surface area contributed by atoms with Crippen molar-refractivity contribution in [1.29, 1.82) is 0 Å². The summed E-state index contributed by atoms with van der Waals surface area (Å²) in [5, 5.41) is 11.4. The smallest absolute Gasteiger partial charge is 0.310 e. The van der Waals surface area contributed by atoms with E-state index in [1.807, 2.05) is 6.92 Å². The summed E-state index contributed by atoms with van der Waals surface area (Å²) in [6.45, 7) is 5.58. The van der Waals surface area contributed by atoms with E-state index in [1.54, 1.807) is 27.0 Å². The second-order valence-electron chi connectivity index (χ2n) is 8.80. The van der Waals surface area contributed by atoms with E-state index >= 15 is 0 Å². The molecule has 0 fully saturated rings. The average Bonchev–Trinajstić information content (AvgIpc) is 3.43. The Bertz CT molecular complexity index is 1380. The second kappa shape index (κ2) is 12.0. The molecule has 0 aliphatic heterocycles. The number of hydrogen-bond donors (Lipinski definition) is 2. The molecule has 3 rings (SSSR count). The largest absolute Gasteiger partial charge is 0.469 e. The number of ether oxygens (including phenoxy) is 2. The number of halogens is 1. The molecule has 0 unspecified atom stereocenters. The number of likely N-dealkylation sites (N-methyl/N-ethyl adjacent to an activating group) is 1. The van der Waals surface area contributed by atoms with Crippen molar-refractivity contribution in [1.82, 2.24) is 19.9 Å². The third-order valence-electron chi connectivity index (χ3n) is 5.98. The normalized spacial score (nSPS) is 11.7. The first kappa shape index (κ1) is 28.5. The Kier molecular flexibility index (Phi) is 9.02. The summed E-state index contributed by atoms with van der Waals surface area (Å²) < 4.78 is 10.5. The third-order valence-corrected chi connectivity index (χ3v) is 6.26. The molecule has 0 aliphatic rings. The minimum atomic E-state index is -0.647. The fourth-order valence-corrected chi connectivity index (χ4v) is 4.26. The Hall–Kier alpha value is -4.03. The highest BCUT2D eigenvalue weighted by Gasteiger charge is 2.25. The number of nitrogens with one attached hydrogen (secondary N) is 2. The van der Waals surface area contributed by atoms with Crippen LogP contribution in [0.5, 0.6) is 0 Å². The van der Waals surface area contributed by atoms with E-state index in [9.17, 15) is 24.5 Å². The van der Waals surface area contributed by atoms with Crippen LogP contribution in [0.2, 0.25) is 5.02 Å². The number of carbonyl (C=O) groups is 3. The molecule has 1 aromatic carbocycles. The van der Waals surface area contributed by atoms with Gasteiger partial charge in [-0.15, -0.1) is 0 Å². The highest BCUT2D eigenvalue weighted by atomic mass is 35.5. The number of aryl methyl sites for hydroxylation is 2. The van der Waals surface area contributed by atoms with E-state index in [0.717, 1.165) is 0 Å². The number of hydrogen-bond acceptors (Lipinski definition) is 8. The fourth-order valence-electron chi connectivity index (χ4n) is 3.96. The number of carbonyl (C=O) groups excluding carboxylic acids is 3. The molecule has 2 N–H and O–H groups in total. The van der Waals surface area contributed by atoms with E-state index in [4.69, 9.17) is 16.3 Å². The van der Waals surface area contributed by atoms with Crippen LogP contribution < -0.4 is 0 Å². The van der Waals surface area contributed by atoms with Gasteiger partial charge in [-0.2, -0.15) is 0 Å². The Balaban J connectivity index is 1.77. The van der Waals surface area contributed by atoms with Crippen LogP contribution in [-0.4, -0.2) is 69.7 Å². The van der Waals surface area contributed by atoms with Gasteiger partial charge in [0.2, 0.25) is 0 Å². The van der Waals surface area contributed by atoms with Gasteiger partial charge in [0.05, 0.1) is 60.4 Å². The summed E-state index contributed by atoms with van der Waals surface area (Å²) in [4.78, 5) is 58.8. The van der Waals surface area contributed by atoms with Crippen molar-refractivity contribution in [3.8, 4) is 11.3 Å². The van der Waals surface area contributed by atoms with Crippen molar-refractivity contribution in [3.63, 3.8) is 0 Å². The predicted octanol–water partition coefficient (Wildman–Crippen LogP) is 3.79. The van der Waals surface area contributed by atoms with E-state index < -0.39 is 10.9 Å². The van der Waals surface area contributed by atoms with E-state index in [0.29, 0.717) is 34.8 Å². The Morgan fingerprint density at radius 1 is 1.26 bits per heavy atom. The van der Waals surface area contributed by atoms with Crippen LogP contribution in [0.4, 0.5) is 5.69 Å². The maximum absolute atomic E-state index is 12.9. The molecule has 0 spiro atoms. The number of H-pyrrole nitrogens is 2. The summed E-state index contributed by atoms with van der Waals surface area (Å²) >= 11 is 6.22. The zero-order valence-electron chi connectivity index (χ0n) is 21.6. The Morgan fingerprint density at radius 2 is 1.97 bits per heavy atom. The number of nitro benzene ring substituents is 1. The molecule has 0 radical (unpaired) electrons. The molecule has 1 atom stereocenters. The van der Waals surface area contributed by atoms with Gasteiger partial charge in [0.15, 0.2) is 6.29 Å². The number of aldehydes is 1. The first-order valence-corrected chi connectivity index (χ1v) is 11.9. The number of rotatable bonds is 11. The van der Waals surface area contributed by atoms with Gasteiger partial charge in [0, 0.05) is 23.9 Å². The molecular weight excluding hydrogens is 518 g/mol. The first-order chi connectivity index (χ1) is 18.0. The highest BCUT2D eigenvalue weighted by Crippen LogP contribution is 2.35. The highest BCUT2D eigenvalue weighted by molar-refractivity contribution is 6.33. The van der Waals surface area contributed by atoms with Crippen LogP contribution in [0.1, 0.15) is 50.5 Å². The molecule has 0 bridgehead atoms. The van der Waals surface area contributed by atoms with E-state index in [1.165, 1.54) is 24.1 Å². The molecule has 202 valence electrons. The van der Waals surface area contributed by atoms with Crippen molar-refractivity contribution < 1.29 is 28.8 Å². The lowest BCUT2D eigenvalue weighted by atomic mass is 10.0. The van der Waals surface area contributed by atoms with Gasteiger partial charge >= 0.3 is 5.97 Å². The number of aromatic nitrogens is 3. The number of imidazole rings is 1. The molecule has 13 heteroatoms. The van der Waals surface area contributed by atoms with Crippen molar-refractivity contribution >= 4 is 35.5 Å². The fraction of sp³-hybridized carbons (Fsp3) is 0.360. The molecule has 2 heterocycles. The molecule has 12 nitrogen and oxygen atoms in total. The summed E-state index contributed by atoms with van der Waals surface area (Å²) in [7, 11) is 2.82. The van der Waals surface area contributed by atoms with Crippen LogP contribution in [0.25, 0.3) is 11.3 Å². The van der Waals surface area contributed by atoms with Crippen LogP contribution in [0, 0.1) is 24.0 Å². The van der Waals surface area contributed by atoms with Crippen molar-refractivity contribution in [2.45, 2.75) is 39.8 Å². The quantitative estimate of drug-likeness (QED) is 0.159. The number of aromatic amines is 2. The maximum atomic E-state index is 12.9. The van der Waals surface area contributed by atoms with Crippen molar-refractivity contribution in [2.75, 3.05) is 20.8 Å². The van der Waals surface area contributed by atoms with Crippen LogP contribution in [-0.2, 0) is 27.3 Å². The summed E-state index contributed by atoms with van der Waals surface area (Å²) in [5.74, 6) is -0.387. The van der Waals surface area contributed by atoms with Crippen molar-refractivity contribution in [3.05, 3.63) is 67.4 Å². The van der Waals surface area contributed by atoms with E-state index in [2.05, 4.69) is 19.7 Å². The Morgan fingerprint density at radius 3 is 2.61 bits per heavy atom. The number of esters is 1. The molecule has 1 amide bonds. The van der Waals surface area contributed by atoms with Gasteiger partial charge in [-0.1, -0.05) is 11.6 Å². The van der Waals surface area contributed by atoms with Gasteiger partial charge < -0.3 is 24.3 Å². The van der Waals surface area contributed by atoms with E-state index in [-0.39, 0.29) is 59.1 Å². The Labute approximate surface area is 223 Å². The lowest BCUT2D eigenvalue weighted by Crippen LogP contribution is -2.38. The minimum absolute atomic E-state index is 0.0896. The number of benzene rings is 1. The minimum Gasteiger partial charge on any atom is -0.469 e. The third kappa shape index (κ3) is 6.26. The van der Waals surface area contributed by atoms with Gasteiger partial charge in [0.1, 0.15) is 10.8 Å². The molecule has 3 aromatic rings. The summed E-state index contributed by atoms with van der Waals surface area (Å²) in [5.41, 5.74) is 2.45. The SMILES string of the molecule is COC(=O)Cc1cc(-c2nc(C)[nH]c2COC[C@@H](C)N(C)C(=O)c2cc(C)[nH]c2C=O)cc(Cl)c1[N+](=O)[O-]. The number of amides is 1. The molecule has 0 aliphatic carbocycles. The van der Waals surface area contributed by atoms with Gasteiger partial charge in [-0.25, -0.2) is 4.98 Å². The molecule has 0 saturated heterocycles. The van der Waals surface area contributed by atoms with Crippen LogP contribution in [0.15, 0.2) is 18.2 Å². The van der Waals surface area contributed by atoms with Crippen LogP contribution >= 0.6 is 11.6 Å². The van der Waals surface area contributed by atoms with Gasteiger partial charge in [-0.05, 0) is 39.0 Å². The van der Waals surface area contributed by atoms with Gasteiger partial charge in [0.25, 0.3) is 11.6 Å². The van der Waals surface area contributed by atoms with Gasteiger partial charge in [-0.3, -0.25) is 24.5 Å². The maximum Gasteiger partial charge on any atom is 0.310 e. The lowest BCUT2D eigenvalue weighted by Gasteiger charge is -2.24. The average molecular weight is 546 g/mol. The first-order valence-electron chi connectivity index (χ1n) is 11.6. The lowest BCUT2D eigenvalue weighted by molar-refractivity contribution is -0.385. The number of nitrogens with zero attached hydrogens (tertiary/aromatic N) is 3. The molecule has 2 aromatic heterocycles. The molecule has 38 heavy (non-hydrogen) atoms. The summed E-state index contributed by atoms with van der Waals surface area (Å²) in [6, 6.07) is 4.20. The standard InChI is InChI=1S/C25H28ClN5O7/c1-13-6-18(20(10-32)27-13)25(34)30(4)14(2)11-38-12-21-23(29-15(3)28-21)16-7-17(9-22(33)37-5)24(31(35)36)19(26)8-16/h6-8,10,14,27H,9,11-12H2,1-5H3,(H,28,29)/t14-/m1/s1. The second-order valence-corrected chi connectivity index (χ2v) is 9.21. The zero-order valence-corrected chi connectivity index (χ0v) is 22.3. The van der Waals surface area contributed by atoms with Crippen molar-refractivity contribution in [2.24, 2.45) is 0 Å². The summed E-state index contributed by atoms with van der Waals surface area (Å²) in [6.07, 6.45) is 0.276. The predicted molar refractivity (Wildman–Crippen MR) is 138 cm³/mol.